The van der Waals surface area contributed by atoms with Crippen LogP contribution in [0.25, 0.3) is 0 Å². The van der Waals surface area contributed by atoms with E-state index >= 15 is 0 Å². The minimum atomic E-state index is -0.589. The van der Waals surface area contributed by atoms with E-state index in [0.29, 0.717) is 32.0 Å². The molecule has 20 heavy (non-hydrogen) atoms. The molecule has 1 heterocycles. The van der Waals surface area contributed by atoms with Crippen LogP contribution in [-0.2, 0) is 11.2 Å². The first-order chi connectivity index (χ1) is 9.60. The number of ether oxygens (including phenoxy) is 1. The molecule has 1 saturated carbocycles. The molecular weight excluding hydrogens is 254 g/mol. The third-order valence-corrected chi connectivity index (χ3v) is 4.21. The number of amides is 1. The summed E-state index contributed by atoms with van der Waals surface area (Å²) in [5, 5.41) is 10.2. The van der Waals surface area contributed by atoms with Crippen molar-refractivity contribution < 1.29 is 14.6 Å². The lowest BCUT2D eigenvalue weighted by molar-refractivity contribution is -0.158. The summed E-state index contributed by atoms with van der Waals surface area (Å²) in [7, 11) is 0. The Kier molecular flexibility index (Phi) is 3.42. The highest BCUT2D eigenvalue weighted by molar-refractivity contribution is 5.80. The predicted octanol–water partition coefficient (Wildman–Crippen LogP) is 1.61. The molecule has 1 aliphatic heterocycles. The van der Waals surface area contributed by atoms with Crippen molar-refractivity contribution in [3.05, 3.63) is 29.8 Å². The van der Waals surface area contributed by atoms with Gasteiger partial charge in [-0.2, -0.15) is 0 Å². The Hall–Kier alpha value is -1.55. The van der Waals surface area contributed by atoms with E-state index in [4.69, 9.17) is 4.74 Å². The van der Waals surface area contributed by atoms with E-state index in [1.54, 1.807) is 4.90 Å². The fraction of sp³-hybridized carbons (Fsp3) is 0.562. The fourth-order valence-corrected chi connectivity index (χ4v) is 2.83. The summed E-state index contributed by atoms with van der Waals surface area (Å²) in [6.45, 7) is 3.61. The van der Waals surface area contributed by atoms with Crippen LogP contribution in [0.2, 0.25) is 0 Å². The molecule has 1 saturated heterocycles. The third-order valence-electron chi connectivity index (χ3n) is 4.21. The quantitative estimate of drug-likeness (QED) is 0.888. The van der Waals surface area contributed by atoms with E-state index in [9.17, 15) is 9.90 Å². The largest absolute Gasteiger partial charge is 0.494 e. The summed E-state index contributed by atoms with van der Waals surface area (Å²) in [5.41, 5.74) is 0.398. The smallest absolute Gasteiger partial charge is 0.227 e. The number of carbonyl (C=O) groups excluding carboxylic acids is 1. The van der Waals surface area contributed by atoms with Gasteiger partial charge in [-0.1, -0.05) is 12.1 Å². The van der Waals surface area contributed by atoms with Crippen molar-refractivity contribution >= 4 is 5.91 Å². The van der Waals surface area contributed by atoms with Crippen molar-refractivity contribution in [3.63, 3.8) is 0 Å². The first kappa shape index (κ1) is 13.4. The first-order valence-electron chi connectivity index (χ1n) is 7.32. The molecule has 1 aromatic carbocycles. The summed E-state index contributed by atoms with van der Waals surface area (Å²) >= 11 is 0. The van der Waals surface area contributed by atoms with Crippen LogP contribution in [0.4, 0.5) is 0 Å². The molecule has 3 rings (SSSR count). The molecule has 0 spiro atoms. The van der Waals surface area contributed by atoms with Gasteiger partial charge in [-0.05, 0) is 43.4 Å². The number of rotatable bonds is 5. The van der Waals surface area contributed by atoms with Crippen molar-refractivity contribution in [2.75, 3.05) is 19.7 Å². The van der Waals surface area contributed by atoms with Crippen LogP contribution in [0.15, 0.2) is 24.3 Å². The lowest BCUT2D eigenvalue weighted by Gasteiger charge is -2.47. The van der Waals surface area contributed by atoms with Gasteiger partial charge in [0, 0.05) is 0 Å². The Bertz CT molecular complexity index is 487. The summed E-state index contributed by atoms with van der Waals surface area (Å²) in [6.07, 6.45) is 2.61. The van der Waals surface area contributed by atoms with E-state index in [-0.39, 0.29) is 5.91 Å². The van der Waals surface area contributed by atoms with Crippen LogP contribution in [0.5, 0.6) is 5.75 Å². The van der Waals surface area contributed by atoms with Gasteiger partial charge in [0.2, 0.25) is 5.91 Å². The normalized spacial score (nSPS) is 20.4. The van der Waals surface area contributed by atoms with Gasteiger partial charge < -0.3 is 14.7 Å². The van der Waals surface area contributed by atoms with Crippen LogP contribution >= 0.6 is 0 Å². The maximum Gasteiger partial charge on any atom is 0.227 e. The second-order valence-corrected chi connectivity index (χ2v) is 5.88. The number of benzene rings is 1. The molecule has 0 bridgehead atoms. The van der Waals surface area contributed by atoms with E-state index < -0.39 is 5.60 Å². The average molecular weight is 275 g/mol. The van der Waals surface area contributed by atoms with Crippen molar-refractivity contribution in [3.8, 4) is 5.75 Å². The number of carbonyl (C=O) groups is 1. The van der Waals surface area contributed by atoms with Gasteiger partial charge in [-0.25, -0.2) is 0 Å². The molecule has 1 N–H and O–H groups in total. The molecule has 2 fully saturated rings. The number of hydrogen-bond donors (Lipinski definition) is 1. The molecule has 1 amide bonds. The number of β-amino-alcohol motifs (C(OH)–C–C–N with tert-alkyl or cyclic N) is 1. The molecule has 1 aromatic rings. The van der Waals surface area contributed by atoms with Crippen LogP contribution in [0.1, 0.15) is 25.3 Å². The van der Waals surface area contributed by atoms with E-state index in [1.165, 1.54) is 0 Å². The number of aliphatic hydroxyl groups is 1. The molecule has 0 aromatic heterocycles. The SMILES string of the molecule is CCOc1ccc(CC(=O)N2CC(O)(C3CC3)C2)cc1. The first-order valence-corrected chi connectivity index (χ1v) is 7.32. The highest BCUT2D eigenvalue weighted by Crippen LogP contribution is 2.44. The molecule has 2 aliphatic rings. The zero-order chi connectivity index (χ0) is 14.2. The van der Waals surface area contributed by atoms with E-state index in [0.717, 1.165) is 24.2 Å². The summed E-state index contributed by atoms with van der Waals surface area (Å²) in [4.78, 5) is 13.9. The zero-order valence-electron chi connectivity index (χ0n) is 11.8. The van der Waals surface area contributed by atoms with Crippen molar-refractivity contribution in [2.24, 2.45) is 5.92 Å². The van der Waals surface area contributed by atoms with Crippen LogP contribution in [0.3, 0.4) is 0 Å². The second kappa shape index (κ2) is 5.09. The lowest BCUT2D eigenvalue weighted by Crippen LogP contribution is -2.65. The Morgan fingerprint density at radius 3 is 2.55 bits per heavy atom. The molecule has 0 unspecified atom stereocenters. The monoisotopic (exact) mass is 275 g/mol. The minimum absolute atomic E-state index is 0.0967. The molecule has 108 valence electrons. The van der Waals surface area contributed by atoms with Gasteiger partial charge in [-0.3, -0.25) is 4.79 Å². The highest BCUT2D eigenvalue weighted by atomic mass is 16.5. The van der Waals surface area contributed by atoms with E-state index in [2.05, 4.69) is 0 Å². The van der Waals surface area contributed by atoms with Gasteiger partial charge in [0.15, 0.2) is 0 Å². The van der Waals surface area contributed by atoms with Crippen LogP contribution in [0, 0.1) is 5.92 Å². The molecular formula is C16H21NO3. The zero-order valence-corrected chi connectivity index (χ0v) is 11.8. The number of nitrogens with zero attached hydrogens (tertiary/aromatic N) is 1. The highest BCUT2D eigenvalue weighted by Gasteiger charge is 2.53. The van der Waals surface area contributed by atoms with Crippen molar-refractivity contribution in [1.29, 1.82) is 0 Å². The van der Waals surface area contributed by atoms with Gasteiger partial charge >= 0.3 is 0 Å². The number of hydrogen-bond acceptors (Lipinski definition) is 3. The summed E-state index contributed by atoms with van der Waals surface area (Å²) < 4.78 is 5.38. The maximum absolute atomic E-state index is 12.1. The average Bonchev–Trinajstić information content (AvgIpc) is 3.22. The second-order valence-electron chi connectivity index (χ2n) is 5.88. The van der Waals surface area contributed by atoms with Gasteiger partial charge in [0.05, 0.1) is 26.1 Å². The van der Waals surface area contributed by atoms with Gasteiger partial charge in [0.25, 0.3) is 0 Å². The van der Waals surface area contributed by atoms with Gasteiger partial charge in [0.1, 0.15) is 11.4 Å². The minimum Gasteiger partial charge on any atom is -0.494 e. The maximum atomic E-state index is 12.1. The molecule has 4 nitrogen and oxygen atoms in total. The fourth-order valence-electron chi connectivity index (χ4n) is 2.83. The molecule has 1 aliphatic carbocycles. The Morgan fingerprint density at radius 1 is 1.35 bits per heavy atom. The molecule has 4 heteroatoms. The van der Waals surface area contributed by atoms with E-state index in [1.807, 2.05) is 31.2 Å². The van der Waals surface area contributed by atoms with Crippen LogP contribution < -0.4 is 4.74 Å². The molecule has 0 radical (unpaired) electrons. The Labute approximate surface area is 119 Å². The number of likely N-dealkylation sites (tertiary alicyclic amines) is 1. The lowest BCUT2D eigenvalue weighted by atomic mass is 9.88. The van der Waals surface area contributed by atoms with Crippen molar-refractivity contribution in [1.82, 2.24) is 4.90 Å². The Balaban J connectivity index is 1.51. The van der Waals surface area contributed by atoms with Crippen LogP contribution in [-0.4, -0.2) is 41.2 Å². The third kappa shape index (κ3) is 2.66. The van der Waals surface area contributed by atoms with Gasteiger partial charge in [-0.15, -0.1) is 0 Å². The predicted molar refractivity (Wildman–Crippen MR) is 75.6 cm³/mol. The standard InChI is InChI=1S/C16H21NO3/c1-2-20-14-7-3-12(4-8-14)9-15(18)17-10-16(19,11-17)13-5-6-13/h3-4,7-8,13,19H,2,5-6,9-11H2,1H3. The Morgan fingerprint density at radius 2 is 2.00 bits per heavy atom. The molecule has 0 atom stereocenters. The topological polar surface area (TPSA) is 49.8 Å². The van der Waals surface area contributed by atoms with Crippen molar-refractivity contribution in [2.45, 2.75) is 31.8 Å². The summed E-state index contributed by atoms with van der Waals surface area (Å²) in [5.74, 6) is 1.35. The summed E-state index contributed by atoms with van der Waals surface area (Å²) in [6, 6.07) is 7.64.